The summed E-state index contributed by atoms with van der Waals surface area (Å²) < 4.78 is 2.05. The van der Waals surface area contributed by atoms with Crippen LogP contribution < -0.4 is 0 Å². The molecular weight excluding hydrogens is 386 g/mol. The molecule has 0 spiro atoms. The van der Waals surface area contributed by atoms with Gasteiger partial charge >= 0.3 is 0 Å². The maximum absolute atomic E-state index is 12.9. The Balaban J connectivity index is 1.44. The van der Waals surface area contributed by atoms with Crippen LogP contribution in [0, 0.1) is 0 Å². The molecule has 162 valence electrons. The lowest BCUT2D eigenvalue weighted by atomic mass is 9.93. The summed E-state index contributed by atoms with van der Waals surface area (Å²) in [5.74, 6) is 2.55. The van der Waals surface area contributed by atoms with Crippen LogP contribution in [-0.2, 0) is 11.2 Å². The molecule has 6 nitrogen and oxygen atoms in total. The number of benzene rings is 1. The number of aromatic nitrogens is 4. The van der Waals surface area contributed by atoms with Gasteiger partial charge in [-0.05, 0) is 31.2 Å². The van der Waals surface area contributed by atoms with E-state index in [1.54, 1.807) is 12.4 Å². The predicted octanol–water partition coefficient (Wildman–Crippen LogP) is 4.51. The number of carbonyl (C=O) groups is 1. The van der Waals surface area contributed by atoms with Crippen molar-refractivity contribution in [3.05, 3.63) is 72.2 Å². The molecule has 1 amide bonds. The van der Waals surface area contributed by atoms with Crippen molar-refractivity contribution in [2.75, 3.05) is 13.1 Å². The first-order valence-electron chi connectivity index (χ1n) is 11.3. The molecular formula is C25H31N5O. The van der Waals surface area contributed by atoms with Gasteiger partial charge in [0.25, 0.3) is 0 Å². The number of piperidine rings is 1. The summed E-state index contributed by atoms with van der Waals surface area (Å²) in [5, 5.41) is 0. The van der Waals surface area contributed by atoms with Crippen LogP contribution in [0.25, 0.3) is 5.82 Å². The Kier molecular flexibility index (Phi) is 6.75. The first-order valence-corrected chi connectivity index (χ1v) is 11.3. The van der Waals surface area contributed by atoms with Gasteiger partial charge in [0.1, 0.15) is 5.82 Å². The average molecular weight is 418 g/mol. The molecule has 1 unspecified atom stereocenters. The van der Waals surface area contributed by atoms with E-state index in [1.807, 2.05) is 27.9 Å². The Hall–Kier alpha value is -3.02. The van der Waals surface area contributed by atoms with Crippen molar-refractivity contribution in [3.8, 4) is 5.82 Å². The van der Waals surface area contributed by atoms with Crippen LogP contribution in [0.15, 0.2) is 55.1 Å². The normalized spacial score (nSPS) is 16.6. The van der Waals surface area contributed by atoms with Gasteiger partial charge in [-0.3, -0.25) is 14.3 Å². The van der Waals surface area contributed by atoms with Crippen molar-refractivity contribution < 1.29 is 4.79 Å². The second-order valence-corrected chi connectivity index (χ2v) is 8.59. The summed E-state index contributed by atoms with van der Waals surface area (Å²) in [4.78, 5) is 28.8. The second kappa shape index (κ2) is 9.86. The molecule has 1 saturated heterocycles. The van der Waals surface area contributed by atoms with Crippen molar-refractivity contribution >= 4 is 5.91 Å². The maximum atomic E-state index is 12.9. The number of rotatable bonds is 7. The van der Waals surface area contributed by atoms with E-state index in [2.05, 4.69) is 48.1 Å². The van der Waals surface area contributed by atoms with E-state index >= 15 is 0 Å². The highest BCUT2D eigenvalue weighted by Gasteiger charge is 2.28. The number of likely N-dealkylation sites (tertiary alicyclic amines) is 1. The summed E-state index contributed by atoms with van der Waals surface area (Å²) in [6, 6.07) is 10.4. The number of amides is 1. The highest BCUT2D eigenvalue weighted by atomic mass is 16.2. The van der Waals surface area contributed by atoms with Gasteiger partial charge in [0, 0.05) is 56.1 Å². The minimum Gasteiger partial charge on any atom is -0.342 e. The van der Waals surface area contributed by atoms with Crippen LogP contribution in [0.3, 0.4) is 0 Å². The van der Waals surface area contributed by atoms with Gasteiger partial charge in [-0.1, -0.05) is 44.2 Å². The van der Waals surface area contributed by atoms with Gasteiger partial charge in [-0.2, -0.15) is 0 Å². The van der Waals surface area contributed by atoms with E-state index in [-0.39, 0.29) is 11.8 Å². The zero-order valence-electron chi connectivity index (χ0n) is 18.4. The fourth-order valence-corrected chi connectivity index (χ4v) is 4.41. The average Bonchev–Trinajstić information content (AvgIpc) is 3.30. The zero-order chi connectivity index (χ0) is 21.6. The molecule has 1 aliphatic heterocycles. The summed E-state index contributed by atoms with van der Waals surface area (Å²) in [7, 11) is 0. The van der Waals surface area contributed by atoms with Gasteiger partial charge in [0.2, 0.25) is 5.91 Å². The molecule has 1 aromatic carbocycles. The molecule has 3 heterocycles. The predicted molar refractivity (Wildman–Crippen MR) is 121 cm³/mol. The zero-order valence-corrected chi connectivity index (χ0v) is 18.4. The lowest BCUT2D eigenvalue weighted by molar-refractivity contribution is -0.132. The van der Waals surface area contributed by atoms with E-state index in [4.69, 9.17) is 4.98 Å². The summed E-state index contributed by atoms with van der Waals surface area (Å²) in [5.41, 5.74) is 2.25. The molecule has 31 heavy (non-hydrogen) atoms. The van der Waals surface area contributed by atoms with Crippen LogP contribution >= 0.6 is 0 Å². The monoisotopic (exact) mass is 417 g/mol. The van der Waals surface area contributed by atoms with Crippen molar-refractivity contribution in [2.24, 2.45) is 0 Å². The van der Waals surface area contributed by atoms with E-state index in [9.17, 15) is 4.79 Å². The number of aryl methyl sites for hydroxylation is 1. The molecule has 2 aromatic heterocycles. The Labute approximate surface area is 184 Å². The summed E-state index contributed by atoms with van der Waals surface area (Å²) in [6.07, 6.45) is 11.7. The van der Waals surface area contributed by atoms with E-state index < -0.39 is 0 Å². The van der Waals surface area contributed by atoms with Gasteiger partial charge in [-0.25, -0.2) is 9.97 Å². The Morgan fingerprint density at radius 1 is 1.10 bits per heavy atom. The second-order valence-electron chi connectivity index (χ2n) is 8.59. The van der Waals surface area contributed by atoms with Crippen LogP contribution in [0.1, 0.15) is 68.4 Å². The lowest BCUT2D eigenvalue weighted by Gasteiger charge is -2.33. The maximum Gasteiger partial charge on any atom is 0.222 e. The fourth-order valence-electron chi connectivity index (χ4n) is 4.41. The van der Waals surface area contributed by atoms with Crippen molar-refractivity contribution in [1.82, 2.24) is 24.4 Å². The van der Waals surface area contributed by atoms with Crippen LogP contribution in [0.2, 0.25) is 0 Å². The Morgan fingerprint density at radius 2 is 1.90 bits per heavy atom. The molecule has 1 atom stereocenters. The standard InChI is InChI=1S/C25H31N5O/c1-19(2)24-28-15-17-30(24)25-23(26-13-14-27-25)21-11-7-16-29(18-21)22(31)12-6-10-20-8-4-3-5-9-20/h3-5,8-9,13-15,17,19,21H,6-7,10-12,16,18H2,1-2H3. The minimum atomic E-state index is 0.193. The lowest BCUT2D eigenvalue weighted by Crippen LogP contribution is -2.39. The minimum absolute atomic E-state index is 0.193. The number of hydrogen-bond donors (Lipinski definition) is 0. The molecule has 0 saturated carbocycles. The topological polar surface area (TPSA) is 63.9 Å². The van der Waals surface area contributed by atoms with Gasteiger partial charge in [0.05, 0.1) is 5.69 Å². The van der Waals surface area contributed by atoms with Crippen LogP contribution in [0.4, 0.5) is 0 Å². The largest absolute Gasteiger partial charge is 0.342 e. The third kappa shape index (κ3) is 5.01. The Morgan fingerprint density at radius 3 is 2.71 bits per heavy atom. The van der Waals surface area contributed by atoms with E-state index in [1.165, 1.54) is 5.56 Å². The van der Waals surface area contributed by atoms with Crippen molar-refractivity contribution in [3.63, 3.8) is 0 Å². The number of nitrogens with zero attached hydrogens (tertiary/aromatic N) is 5. The SMILES string of the molecule is CC(C)c1nccn1-c1nccnc1C1CCCN(C(=O)CCCc2ccccc2)C1. The highest BCUT2D eigenvalue weighted by Crippen LogP contribution is 2.30. The molecule has 6 heteroatoms. The molecule has 0 bridgehead atoms. The number of carbonyl (C=O) groups excluding carboxylic acids is 1. The molecule has 4 rings (SSSR count). The molecule has 1 fully saturated rings. The summed E-state index contributed by atoms with van der Waals surface area (Å²) >= 11 is 0. The van der Waals surface area contributed by atoms with E-state index in [0.29, 0.717) is 18.9 Å². The molecule has 0 N–H and O–H groups in total. The fraction of sp³-hybridized carbons (Fsp3) is 0.440. The number of hydrogen-bond acceptors (Lipinski definition) is 4. The quantitative estimate of drug-likeness (QED) is 0.567. The third-order valence-corrected chi connectivity index (χ3v) is 5.98. The van der Waals surface area contributed by atoms with Gasteiger partial charge in [-0.15, -0.1) is 0 Å². The van der Waals surface area contributed by atoms with Crippen molar-refractivity contribution in [1.29, 1.82) is 0 Å². The summed E-state index contributed by atoms with van der Waals surface area (Å²) in [6.45, 7) is 5.80. The first kappa shape index (κ1) is 21.2. The molecule has 0 aliphatic carbocycles. The van der Waals surface area contributed by atoms with Crippen LogP contribution in [0.5, 0.6) is 0 Å². The Bertz CT molecular complexity index is 998. The smallest absolute Gasteiger partial charge is 0.222 e. The highest BCUT2D eigenvalue weighted by molar-refractivity contribution is 5.76. The van der Waals surface area contributed by atoms with E-state index in [0.717, 1.165) is 49.6 Å². The molecule has 3 aromatic rings. The van der Waals surface area contributed by atoms with Gasteiger partial charge in [0.15, 0.2) is 5.82 Å². The number of imidazole rings is 1. The molecule has 0 radical (unpaired) electrons. The third-order valence-electron chi connectivity index (χ3n) is 5.98. The molecule has 1 aliphatic rings. The first-order chi connectivity index (χ1) is 15.1. The van der Waals surface area contributed by atoms with Crippen molar-refractivity contribution in [2.45, 2.75) is 57.8 Å². The van der Waals surface area contributed by atoms with Gasteiger partial charge < -0.3 is 4.90 Å². The van der Waals surface area contributed by atoms with Crippen LogP contribution in [-0.4, -0.2) is 43.4 Å².